The van der Waals surface area contributed by atoms with Crippen molar-refractivity contribution in [1.82, 2.24) is 0 Å². The third-order valence-electron chi connectivity index (χ3n) is 3.83. The Labute approximate surface area is 122 Å². The van der Waals surface area contributed by atoms with Crippen molar-refractivity contribution < 1.29 is 23.4 Å². The van der Waals surface area contributed by atoms with Crippen molar-refractivity contribution in [3.05, 3.63) is 24.3 Å². The fraction of sp³-hybridized carbons (Fsp3) is 0.533. The average Bonchev–Trinajstić information content (AvgIpc) is 2.83. The van der Waals surface area contributed by atoms with E-state index in [0.717, 1.165) is 0 Å². The zero-order valence-corrected chi connectivity index (χ0v) is 12.2. The van der Waals surface area contributed by atoms with Gasteiger partial charge in [-0.1, -0.05) is 0 Å². The Morgan fingerprint density at radius 3 is 2.52 bits per heavy atom. The van der Waals surface area contributed by atoms with E-state index in [9.17, 15) is 9.18 Å². The summed E-state index contributed by atoms with van der Waals surface area (Å²) in [7, 11) is 1.57. The monoisotopic (exact) mass is 295 g/mol. The summed E-state index contributed by atoms with van der Waals surface area (Å²) in [5.41, 5.74) is 0.632. The fourth-order valence-electron chi connectivity index (χ4n) is 2.76. The van der Waals surface area contributed by atoms with E-state index in [-0.39, 0.29) is 6.61 Å². The van der Waals surface area contributed by atoms with E-state index in [1.807, 2.05) is 0 Å². The quantitative estimate of drug-likeness (QED) is 0.799. The van der Waals surface area contributed by atoms with Gasteiger partial charge < -0.3 is 19.1 Å². The first kappa shape index (κ1) is 14.3. The molecule has 2 fully saturated rings. The normalized spacial score (nSPS) is 31.1. The molecule has 114 valence electrons. The van der Waals surface area contributed by atoms with Gasteiger partial charge in [0, 0.05) is 5.69 Å². The molecule has 6 heteroatoms. The molecule has 0 aromatic heterocycles. The zero-order valence-electron chi connectivity index (χ0n) is 12.2. The maximum absolute atomic E-state index is 14.0. The van der Waals surface area contributed by atoms with E-state index in [4.69, 9.17) is 14.2 Å². The number of rotatable bonds is 3. The van der Waals surface area contributed by atoms with Crippen molar-refractivity contribution in [1.29, 1.82) is 0 Å². The largest absolute Gasteiger partial charge is 0.497 e. The summed E-state index contributed by atoms with van der Waals surface area (Å²) in [6.07, 6.45) is -2.01. The summed E-state index contributed by atoms with van der Waals surface area (Å²) in [5.74, 6) is -0.602. The fourth-order valence-corrected chi connectivity index (χ4v) is 2.76. The maximum Gasteiger partial charge on any atom is 0.264 e. The number of hydrogen-bond donors (Lipinski definition) is 0. The second kappa shape index (κ2) is 4.96. The predicted molar refractivity (Wildman–Crippen MR) is 74.1 cm³/mol. The molecule has 0 saturated carbocycles. The van der Waals surface area contributed by atoms with Gasteiger partial charge in [0.25, 0.3) is 5.91 Å². The predicted octanol–water partition coefficient (Wildman–Crippen LogP) is 1.90. The number of hydrogen-bond acceptors (Lipinski definition) is 4. The van der Waals surface area contributed by atoms with Crippen LogP contribution in [0, 0.1) is 0 Å². The number of nitrogens with zero attached hydrogens (tertiary/aromatic N) is 1. The minimum Gasteiger partial charge on any atom is -0.497 e. The molecule has 0 bridgehead atoms. The molecule has 1 amide bonds. The minimum atomic E-state index is -1.55. The Balaban J connectivity index is 1.81. The van der Waals surface area contributed by atoms with Crippen LogP contribution in [0.1, 0.15) is 13.8 Å². The van der Waals surface area contributed by atoms with E-state index in [1.54, 1.807) is 45.2 Å². The summed E-state index contributed by atoms with van der Waals surface area (Å²) >= 11 is 0. The molecule has 0 N–H and O–H groups in total. The summed E-state index contributed by atoms with van der Waals surface area (Å²) in [4.78, 5) is 13.3. The SMILES string of the molecule is COc1ccc(N2C(=O)[C@H](F)[C@@H]2[C@H]2COC(C)(C)O2)cc1. The van der Waals surface area contributed by atoms with Crippen LogP contribution in [0.2, 0.25) is 0 Å². The van der Waals surface area contributed by atoms with E-state index < -0.39 is 30.0 Å². The lowest BCUT2D eigenvalue weighted by Gasteiger charge is -2.45. The van der Waals surface area contributed by atoms with Gasteiger partial charge in [-0.2, -0.15) is 0 Å². The molecule has 3 atom stereocenters. The average molecular weight is 295 g/mol. The van der Waals surface area contributed by atoms with Gasteiger partial charge in [0.05, 0.1) is 13.7 Å². The number of alkyl halides is 1. The number of methoxy groups -OCH3 is 1. The highest BCUT2D eigenvalue weighted by Crippen LogP contribution is 2.37. The summed E-state index contributed by atoms with van der Waals surface area (Å²) in [5, 5.41) is 0. The van der Waals surface area contributed by atoms with Gasteiger partial charge in [-0.3, -0.25) is 4.79 Å². The summed E-state index contributed by atoms with van der Waals surface area (Å²) in [6.45, 7) is 3.83. The van der Waals surface area contributed by atoms with Gasteiger partial charge in [0.1, 0.15) is 17.9 Å². The third-order valence-corrected chi connectivity index (χ3v) is 3.83. The molecule has 3 rings (SSSR count). The van der Waals surface area contributed by atoms with E-state index >= 15 is 0 Å². The molecule has 2 saturated heterocycles. The molecule has 2 aliphatic rings. The van der Waals surface area contributed by atoms with Crippen molar-refractivity contribution in [3.8, 4) is 5.75 Å². The molecule has 2 heterocycles. The molecule has 0 unspecified atom stereocenters. The zero-order chi connectivity index (χ0) is 15.2. The number of carbonyl (C=O) groups excluding carboxylic acids is 1. The number of β-lactam (4-membered cyclic amide) rings is 1. The third kappa shape index (κ3) is 2.38. The van der Waals surface area contributed by atoms with Gasteiger partial charge in [0.15, 0.2) is 5.79 Å². The standard InChI is InChI=1S/C15H18FNO4/c1-15(2)20-8-11(21-15)13-12(16)14(18)17(13)9-4-6-10(19-3)7-5-9/h4-7,11-13H,8H2,1-3H3/t11-,12-,13+/m1/s1. The van der Waals surface area contributed by atoms with Crippen LogP contribution in [0.15, 0.2) is 24.3 Å². The van der Waals surface area contributed by atoms with Gasteiger partial charge in [-0.15, -0.1) is 0 Å². The number of carbonyl (C=O) groups is 1. The minimum absolute atomic E-state index is 0.276. The number of anilines is 1. The summed E-state index contributed by atoms with van der Waals surface area (Å²) < 4.78 is 30.2. The van der Waals surface area contributed by atoms with Crippen molar-refractivity contribution in [2.24, 2.45) is 0 Å². The Morgan fingerprint density at radius 1 is 1.33 bits per heavy atom. The molecule has 0 radical (unpaired) electrons. The van der Waals surface area contributed by atoms with Crippen LogP contribution in [0.4, 0.5) is 10.1 Å². The first-order chi connectivity index (χ1) is 9.93. The lowest BCUT2D eigenvalue weighted by atomic mass is 9.93. The van der Waals surface area contributed by atoms with Crippen LogP contribution < -0.4 is 9.64 Å². The number of amides is 1. The van der Waals surface area contributed by atoms with E-state index in [2.05, 4.69) is 0 Å². The molecule has 5 nitrogen and oxygen atoms in total. The Hall–Kier alpha value is -1.66. The first-order valence-electron chi connectivity index (χ1n) is 6.86. The lowest BCUT2D eigenvalue weighted by Crippen LogP contribution is -2.68. The Morgan fingerprint density at radius 2 is 2.00 bits per heavy atom. The van der Waals surface area contributed by atoms with Crippen LogP contribution in [0.5, 0.6) is 5.75 Å². The smallest absolute Gasteiger partial charge is 0.264 e. The van der Waals surface area contributed by atoms with Crippen LogP contribution >= 0.6 is 0 Å². The van der Waals surface area contributed by atoms with Crippen LogP contribution in [-0.4, -0.2) is 43.7 Å². The number of halogens is 1. The summed E-state index contributed by atoms with van der Waals surface area (Å²) in [6, 6.07) is 6.29. The van der Waals surface area contributed by atoms with E-state index in [0.29, 0.717) is 11.4 Å². The molecule has 1 aromatic carbocycles. The van der Waals surface area contributed by atoms with Gasteiger partial charge in [-0.25, -0.2) is 4.39 Å². The highest BCUT2D eigenvalue weighted by Gasteiger charge is 2.56. The molecular formula is C15H18FNO4. The van der Waals surface area contributed by atoms with E-state index in [1.165, 1.54) is 4.90 Å². The second-order valence-electron chi connectivity index (χ2n) is 5.67. The van der Waals surface area contributed by atoms with Gasteiger partial charge in [-0.05, 0) is 38.1 Å². The van der Waals surface area contributed by atoms with Crippen molar-refractivity contribution in [3.63, 3.8) is 0 Å². The van der Waals surface area contributed by atoms with Crippen molar-refractivity contribution >= 4 is 11.6 Å². The molecule has 2 aliphatic heterocycles. The highest BCUT2D eigenvalue weighted by atomic mass is 19.1. The lowest BCUT2D eigenvalue weighted by molar-refractivity contribution is -0.153. The van der Waals surface area contributed by atoms with Crippen molar-refractivity contribution in [2.75, 3.05) is 18.6 Å². The molecular weight excluding hydrogens is 277 g/mol. The molecule has 21 heavy (non-hydrogen) atoms. The van der Waals surface area contributed by atoms with Crippen molar-refractivity contribution in [2.45, 2.75) is 38.0 Å². The van der Waals surface area contributed by atoms with Gasteiger partial charge >= 0.3 is 0 Å². The topological polar surface area (TPSA) is 48.0 Å². The second-order valence-corrected chi connectivity index (χ2v) is 5.67. The highest BCUT2D eigenvalue weighted by molar-refractivity contribution is 6.05. The van der Waals surface area contributed by atoms with Crippen LogP contribution in [0.25, 0.3) is 0 Å². The molecule has 0 spiro atoms. The van der Waals surface area contributed by atoms with Crippen LogP contribution in [0.3, 0.4) is 0 Å². The molecule has 1 aromatic rings. The first-order valence-corrected chi connectivity index (χ1v) is 6.86. The number of benzene rings is 1. The Kier molecular flexibility index (Phi) is 3.37. The Bertz CT molecular complexity index is 545. The maximum atomic E-state index is 14.0. The van der Waals surface area contributed by atoms with Crippen LogP contribution in [-0.2, 0) is 14.3 Å². The number of ether oxygens (including phenoxy) is 3. The van der Waals surface area contributed by atoms with Gasteiger partial charge in [0.2, 0.25) is 6.17 Å². The molecule has 0 aliphatic carbocycles.